The van der Waals surface area contributed by atoms with Gasteiger partial charge in [0.2, 0.25) is 5.91 Å². The number of carboxylic acid groups (broad SMARTS) is 1. The fourth-order valence-electron chi connectivity index (χ4n) is 5.32. The van der Waals surface area contributed by atoms with E-state index in [2.05, 4.69) is 0 Å². The van der Waals surface area contributed by atoms with Gasteiger partial charge < -0.3 is 10.0 Å². The predicted molar refractivity (Wildman–Crippen MR) is 136 cm³/mol. The average Bonchev–Trinajstić information content (AvgIpc) is 3.45. The van der Waals surface area contributed by atoms with Crippen LogP contribution in [-0.4, -0.2) is 33.7 Å². The quantitative estimate of drug-likeness (QED) is 0.372. The molecular formula is C27H23Cl2NO4S. The molecule has 1 saturated carbocycles. The van der Waals surface area contributed by atoms with Crippen LogP contribution < -0.4 is 0 Å². The number of hydrogen-bond acceptors (Lipinski definition) is 4. The van der Waals surface area contributed by atoms with E-state index in [4.69, 9.17) is 23.2 Å². The number of thiophene rings is 1. The molecule has 5 nitrogen and oxygen atoms in total. The van der Waals surface area contributed by atoms with E-state index in [1.54, 1.807) is 60.7 Å². The van der Waals surface area contributed by atoms with Gasteiger partial charge in [0, 0.05) is 21.9 Å². The van der Waals surface area contributed by atoms with Gasteiger partial charge in [0.05, 0.1) is 16.8 Å². The number of amides is 1. The third-order valence-electron chi connectivity index (χ3n) is 7.16. The largest absolute Gasteiger partial charge is 0.480 e. The molecule has 2 heterocycles. The summed E-state index contributed by atoms with van der Waals surface area (Å²) in [6.07, 6.45) is 2.39. The van der Waals surface area contributed by atoms with Crippen molar-refractivity contribution >= 4 is 52.2 Å². The Bertz CT molecular complexity index is 1240. The number of rotatable bonds is 6. The molecule has 35 heavy (non-hydrogen) atoms. The molecule has 4 atom stereocenters. The second-order valence-electron chi connectivity index (χ2n) is 9.10. The first-order chi connectivity index (χ1) is 16.9. The lowest BCUT2D eigenvalue weighted by atomic mass is 9.77. The molecule has 180 valence electrons. The van der Waals surface area contributed by atoms with Crippen molar-refractivity contribution < 1.29 is 19.5 Å². The van der Waals surface area contributed by atoms with Gasteiger partial charge in [-0.3, -0.25) is 9.59 Å². The Morgan fingerprint density at radius 1 is 0.886 bits per heavy atom. The number of hydrogen-bond donors (Lipinski definition) is 1. The highest BCUT2D eigenvalue weighted by atomic mass is 35.5. The molecule has 1 saturated heterocycles. The van der Waals surface area contributed by atoms with Gasteiger partial charge in [0.1, 0.15) is 6.04 Å². The summed E-state index contributed by atoms with van der Waals surface area (Å²) in [7, 11) is 0. The minimum Gasteiger partial charge on any atom is -0.480 e. The number of halogens is 2. The molecule has 1 aliphatic heterocycles. The molecule has 1 amide bonds. The fraction of sp³-hybridized carbons (Fsp3) is 0.296. The predicted octanol–water partition coefficient (Wildman–Crippen LogP) is 6.47. The molecule has 8 heteroatoms. The lowest BCUT2D eigenvalue weighted by Crippen LogP contribution is -2.47. The first kappa shape index (κ1) is 24.0. The molecule has 0 spiro atoms. The number of carbonyl (C=O) groups is 3. The van der Waals surface area contributed by atoms with Crippen LogP contribution >= 0.6 is 34.5 Å². The molecule has 0 radical (unpaired) electrons. The van der Waals surface area contributed by atoms with Crippen LogP contribution in [0, 0.1) is 11.8 Å². The second-order valence-corrected chi connectivity index (χ2v) is 10.9. The maximum Gasteiger partial charge on any atom is 0.327 e. The van der Waals surface area contributed by atoms with Gasteiger partial charge in [0.15, 0.2) is 5.78 Å². The van der Waals surface area contributed by atoms with Crippen LogP contribution in [0.3, 0.4) is 0 Å². The molecule has 1 aromatic heterocycles. The van der Waals surface area contributed by atoms with Crippen LogP contribution in [0.15, 0.2) is 66.0 Å². The summed E-state index contributed by atoms with van der Waals surface area (Å²) >= 11 is 13.6. The number of aliphatic carboxylic acids is 1. The molecule has 2 aromatic carbocycles. The summed E-state index contributed by atoms with van der Waals surface area (Å²) < 4.78 is 0. The normalized spacial score (nSPS) is 24.2. The van der Waals surface area contributed by atoms with Crippen LogP contribution in [-0.2, 0) is 9.59 Å². The average molecular weight is 528 g/mol. The molecule has 3 aromatic rings. The van der Waals surface area contributed by atoms with Crippen LogP contribution in [0.25, 0.3) is 0 Å². The van der Waals surface area contributed by atoms with E-state index in [9.17, 15) is 19.5 Å². The Morgan fingerprint density at radius 3 is 1.97 bits per heavy atom. The van der Waals surface area contributed by atoms with E-state index >= 15 is 0 Å². The lowest BCUT2D eigenvalue weighted by molar-refractivity contribution is -0.153. The Balaban J connectivity index is 1.73. The van der Waals surface area contributed by atoms with Crippen LogP contribution in [0.2, 0.25) is 10.0 Å². The minimum absolute atomic E-state index is 0.171. The Labute approximate surface area is 217 Å². The standard InChI is InChI=1S/C27H23Cl2NO4S/c28-18-10-6-15(7-11-18)21-22(25(31)20-5-2-14-35-20)23(16-8-12-19(29)13-9-16)30(24(21)27(33)34)26(32)17-3-1-4-17/h2,5-14,17,21-24H,1,3-4H2,(H,33,34). The van der Waals surface area contributed by atoms with E-state index in [0.29, 0.717) is 26.0 Å². The zero-order chi connectivity index (χ0) is 24.7. The van der Waals surface area contributed by atoms with E-state index in [1.807, 2.05) is 5.38 Å². The van der Waals surface area contributed by atoms with Gasteiger partial charge in [-0.15, -0.1) is 11.3 Å². The SMILES string of the molecule is O=C(c1cccs1)C1C(c2ccc(Cl)cc2)C(C(=O)O)N(C(=O)C2CCC2)C1c1ccc(Cl)cc1. The van der Waals surface area contributed by atoms with Crippen molar-refractivity contribution in [3.8, 4) is 0 Å². The van der Waals surface area contributed by atoms with Crippen molar-refractivity contribution in [2.45, 2.75) is 37.3 Å². The Hall–Kier alpha value is -2.67. The van der Waals surface area contributed by atoms with Gasteiger partial charge in [-0.1, -0.05) is 60.0 Å². The number of ketones is 1. The fourth-order valence-corrected chi connectivity index (χ4v) is 6.28. The lowest BCUT2D eigenvalue weighted by Gasteiger charge is -2.36. The van der Waals surface area contributed by atoms with Crippen molar-refractivity contribution in [1.82, 2.24) is 4.90 Å². The second kappa shape index (κ2) is 9.76. The summed E-state index contributed by atoms with van der Waals surface area (Å²) in [6, 6.07) is 15.5. The van der Waals surface area contributed by atoms with E-state index in [-0.39, 0.29) is 17.6 Å². The topological polar surface area (TPSA) is 74.7 Å². The maximum atomic E-state index is 14.0. The van der Waals surface area contributed by atoms with Crippen molar-refractivity contribution in [3.63, 3.8) is 0 Å². The third-order valence-corrected chi connectivity index (χ3v) is 8.55. The molecular weight excluding hydrogens is 505 g/mol. The monoisotopic (exact) mass is 527 g/mol. The molecule has 2 fully saturated rings. The van der Waals surface area contributed by atoms with Crippen molar-refractivity contribution in [2.24, 2.45) is 11.8 Å². The molecule has 0 bridgehead atoms. The number of likely N-dealkylation sites (tertiary alicyclic amines) is 1. The number of Topliss-reactive ketones (excluding diaryl/α,β-unsaturated/α-hetero) is 1. The minimum atomic E-state index is -1.20. The first-order valence-corrected chi connectivity index (χ1v) is 13.1. The van der Waals surface area contributed by atoms with Crippen LogP contribution in [0.1, 0.15) is 52.0 Å². The number of benzene rings is 2. The van der Waals surface area contributed by atoms with Crippen molar-refractivity contribution in [1.29, 1.82) is 0 Å². The Morgan fingerprint density at radius 2 is 1.49 bits per heavy atom. The summed E-state index contributed by atoms with van der Waals surface area (Å²) in [5.41, 5.74) is 1.36. The molecule has 5 rings (SSSR count). The first-order valence-electron chi connectivity index (χ1n) is 11.5. The highest BCUT2D eigenvalue weighted by molar-refractivity contribution is 7.12. The van der Waals surface area contributed by atoms with Crippen molar-refractivity contribution in [2.75, 3.05) is 0 Å². The molecule has 1 aliphatic carbocycles. The summed E-state index contributed by atoms with van der Waals surface area (Å²) in [6.45, 7) is 0. The van der Waals surface area contributed by atoms with Gasteiger partial charge in [-0.05, 0) is 59.7 Å². The van der Waals surface area contributed by atoms with E-state index < -0.39 is 29.9 Å². The number of nitrogens with zero attached hydrogens (tertiary/aromatic N) is 1. The smallest absolute Gasteiger partial charge is 0.327 e. The molecule has 4 unspecified atom stereocenters. The summed E-state index contributed by atoms with van der Waals surface area (Å²) in [5, 5.41) is 13.3. The van der Waals surface area contributed by atoms with E-state index in [0.717, 1.165) is 19.3 Å². The van der Waals surface area contributed by atoms with Crippen LogP contribution in [0.5, 0.6) is 0 Å². The highest BCUT2D eigenvalue weighted by Gasteiger charge is 2.58. The van der Waals surface area contributed by atoms with Gasteiger partial charge >= 0.3 is 5.97 Å². The van der Waals surface area contributed by atoms with Gasteiger partial charge in [-0.2, -0.15) is 0 Å². The Kier molecular flexibility index (Phi) is 6.71. The molecule has 1 N–H and O–H groups in total. The zero-order valence-electron chi connectivity index (χ0n) is 18.6. The zero-order valence-corrected chi connectivity index (χ0v) is 21.0. The highest BCUT2D eigenvalue weighted by Crippen LogP contribution is 2.53. The summed E-state index contributed by atoms with van der Waals surface area (Å²) in [5.74, 6) is -3.27. The molecule has 2 aliphatic rings. The van der Waals surface area contributed by atoms with Gasteiger partial charge in [0.25, 0.3) is 0 Å². The number of carbonyl (C=O) groups excluding carboxylic acids is 2. The van der Waals surface area contributed by atoms with Gasteiger partial charge in [-0.25, -0.2) is 4.79 Å². The summed E-state index contributed by atoms with van der Waals surface area (Å²) in [4.78, 5) is 42.7. The third kappa shape index (κ3) is 4.39. The van der Waals surface area contributed by atoms with E-state index in [1.165, 1.54) is 16.2 Å². The van der Waals surface area contributed by atoms with Crippen LogP contribution in [0.4, 0.5) is 0 Å². The number of carboxylic acids is 1. The maximum absolute atomic E-state index is 14.0. The van der Waals surface area contributed by atoms with Crippen molar-refractivity contribution in [3.05, 3.63) is 92.1 Å².